The van der Waals surface area contributed by atoms with Gasteiger partial charge in [0.1, 0.15) is 28.9 Å². The van der Waals surface area contributed by atoms with Crippen molar-refractivity contribution < 1.29 is 41.4 Å². The van der Waals surface area contributed by atoms with E-state index in [1.807, 2.05) is 5.32 Å². The summed E-state index contributed by atoms with van der Waals surface area (Å²) in [7, 11) is 1.46. The number of amides is 1. The minimum atomic E-state index is -4.79. The summed E-state index contributed by atoms with van der Waals surface area (Å²) in [4.78, 5) is 31.6. The lowest BCUT2D eigenvalue weighted by atomic mass is 10.1. The Bertz CT molecular complexity index is 1420. The van der Waals surface area contributed by atoms with Gasteiger partial charge in [0.25, 0.3) is 5.91 Å². The predicted octanol–water partition coefficient (Wildman–Crippen LogP) is 2.66. The molecule has 8 nitrogen and oxygen atoms in total. The van der Waals surface area contributed by atoms with Crippen LogP contribution in [0.5, 0.6) is 0 Å². The zero-order valence-electron chi connectivity index (χ0n) is 19.8. The average Bonchev–Trinajstić information content (AvgIpc) is 3.67. The third-order valence-electron chi connectivity index (χ3n) is 6.12. The molecule has 1 saturated carbocycles. The molecular formula is C24H22F6N4O4. The number of fused-ring (bicyclic) bond motifs is 1. The number of nitrogens with zero attached hydrogens (tertiary/aromatic N) is 3. The number of anilines is 1. The van der Waals surface area contributed by atoms with Gasteiger partial charge >= 0.3 is 6.18 Å². The molecule has 0 saturated heterocycles. The molecule has 204 valence electrons. The molecule has 14 heteroatoms. The molecule has 0 aliphatic heterocycles. The molecule has 1 amide bonds. The highest BCUT2D eigenvalue weighted by Crippen LogP contribution is 2.40. The van der Waals surface area contributed by atoms with Crippen molar-refractivity contribution in [2.75, 3.05) is 25.1 Å². The second kappa shape index (κ2) is 10.3. The van der Waals surface area contributed by atoms with Crippen LogP contribution in [0.1, 0.15) is 23.2 Å². The van der Waals surface area contributed by atoms with Crippen LogP contribution in [0.3, 0.4) is 0 Å². The van der Waals surface area contributed by atoms with Crippen LogP contribution in [0.25, 0.3) is 16.7 Å². The number of likely N-dealkylation sites (N-methyl/N-ethyl adjacent to an activating group) is 1. The van der Waals surface area contributed by atoms with Crippen LogP contribution in [-0.4, -0.2) is 64.2 Å². The first-order chi connectivity index (χ1) is 17.8. The number of alkyl halides is 3. The monoisotopic (exact) mass is 544 g/mol. The molecule has 0 unspecified atom stereocenters. The van der Waals surface area contributed by atoms with Crippen LogP contribution in [0.15, 0.2) is 35.3 Å². The van der Waals surface area contributed by atoms with Gasteiger partial charge in [0.2, 0.25) is 5.43 Å². The maximum atomic E-state index is 14.8. The summed E-state index contributed by atoms with van der Waals surface area (Å²) in [5, 5.41) is 20.2. The van der Waals surface area contributed by atoms with Crippen molar-refractivity contribution in [3.8, 4) is 5.69 Å². The Morgan fingerprint density at radius 2 is 1.84 bits per heavy atom. The van der Waals surface area contributed by atoms with Crippen molar-refractivity contribution in [1.29, 1.82) is 0 Å². The highest BCUT2D eigenvalue weighted by Gasteiger charge is 2.49. The number of hydrogen-bond donors (Lipinski definition) is 3. The quantitative estimate of drug-likeness (QED) is 0.377. The number of benzene rings is 1. The van der Waals surface area contributed by atoms with Crippen LogP contribution in [0.2, 0.25) is 0 Å². The van der Waals surface area contributed by atoms with Crippen LogP contribution < -0.4 is 15.6 Å². The van der Waals surface area contributed by atoms with Crippen LogP contribution >= 0.6 is 0 Å². The molecule has 0 radical (unpaired) electrons. The molecule has 38 heavy (non-hydrogen) atoms. The van der Waals surface area contributed by atoms with E-state index < -0.39 is 76.5 Å². The SMILES string of the molecule is CN(C[C@H](O)CO)c1ccc2c(=O)c(C(=O)N[C@@H](C3CC3)C(F)(F)F)cn(-c3c(F)cc(F)cc3F)c2n1. The van der Waals surface area contributed by atoms with Crippen molar-refractivity contribution in [2.24, 2.45) is 5.92 Å². The lowest BCUT2D eigenvalue weighted by molar-refractivity contribution is -0.158. The Hall–Kier alpha value is -3.65. The van der Waals surface area contributed by atoms with Gasteiger partial charge in [-0.3, -0.25) is 14.2 Å². The van der Waals surface area contributed by atoms with Crippen molar-refractivity contribution in [1.82, 2.24) is 14.9 Å². The lowest BCUT2D eigenvalue weighted by Gasteiger charge is -2.23. The molecule has 1 fully saturated rings. The van der Waals surface area contributed by atoms with Gasteiger partial charge < -0.3 is 20.4 Å². The third kappa shape index (κ3) is 5.45. The van der Waals surface area contributed by atoms with Crippen molar-refractivity contribution in [3.05, 3.63) is 63.7 Å². The first-order valence-corrected chi connectivity index (χ1v) is 11.4. The molecular weight excluding hydrogens is 522 g/mol. The molecule has 0 spiro atoms. The summed E-state index contributed by atoms with van der Waals surface area (Å²) in [6.45, 7) is -0.703. The normalized spacial score (nSPS) is 15.4. The first kappa shape index (κ1) is 27.4. The standard InChI is InChI=1S/C24H22F6N4O4/c1-33(8-13(36)10-35)18-5-4-14-20(37)15(23(38)32-21(11-2-3-11)24(28,29)30)9-34(22(14)31-18)19-16(26)6-12(25)7-17(19)27/h4-7,9,11,13,21,35-36H,2-3,8,10H2,1H3,(H,32,38)/t13-,21-/m0/s1. The minimum absolute atomic E-state index is 0.0733. The van der Waals surface area contributed by atoms with Crippen LogP contribution in [0, 0.1) is 23.4 Å². The average molecular weight is 544 g/mol. The second-order valence-corrected chi connectivity index (χ2v) is 9.05. The van der Waals surface area contributed by atoms with Gasteiger partial charge in [0.05, 0.1) is 18.1 Å². The van der Waals surface area contributed by atoms with Gasteiger partial charge in [-0.25, -0.2) is 18.2 Å². The number of rotatable bonds is 8. The number of aromatic nitrogens is 2. The van der Waals surface area contributed by atoms with Gasteiger partial charge in [-0.15, -0.1) is 0 Å². The molecule has 4 rings (SSSR count). The van der Waals surface area contributed by atoms with Crippen molar-refractivity contribution >= 4 is 22.8 Å². The Kier molecular flexibility index (Phi) is 7.39. The maximum absolute atomic E-state index is 14.8. The number of halogens is 6. The molecule has 1 aliphatic rings. The van der Waals surface area contributed by atoms with E-state index in [0.717, 1.165) is 6.07 Å². The smallest absolute Gasteiger partial charge is 0.394 e. The Morgan fingerprint density at radius 3 is 2.39 bits per heavy atom. The summed E-state index contributed by atoms with van der Waals surface area (Å²) in [5.41, 5.74) is -3.21. The molecule has 3 N–H and O–H groups in total. The molecule has 2 atom stereocenters. The fourth-order valence-electron chi connectivity index (χ4n) is 4.09. The van der Waals surface area contributed by atoms with E-state index in [-0.39, 0.29) is 30.6 Å². The van der Waals surface area contributed by atoms with Gasteiger partial charge in [-0.1, -0.05) is 0 Å². The van der Waals surface area contributed by atoms with Crippen molar-refractivity contribution in [3.63, 3.8) is 0 Å². The van der Waals surface area contributed by atoms with E-state index in [0.29, 0.717) is 22.9 Å². The molecule has 1 aromatic carbocycles. The predicted molar refractivity (Wildman–Crippen MR) is 124 cm³/mol. The summed E-state index contributed by atoms with van der Waals surface area (Å²) < 4.78 is 84.3. The van der Waals surface area contributed by atoms with Gasteiger partial charge in [0.15, 0.2) is 17.3 Å². The van der Waals surface area contributed by atoms with E-state index in [4.69, 9.17) is 5.11 Å². The van der Waals surface area contributed by atoms with E-state index in [1.54, 1.807) is 0 Å². The van der Waals surface area contributed by atoms with Gasteiger partial charge in [-0.2, -0.15) is 13.2 Å². The number of aliphatic hydroxyl groups is 2. The second-order valence-electron chi connectivity index (χ2n) is 9.05. The van der Waals surface area contributed by atoms with Gasteiger partial charge in [0, 0.05) is 31.9 Å². The lowest BCUT2D eigenvalue weighted by Crippen LogP contribution is -2.48. The minimum Gasteiger partial charge on any atom is -0.394 e. The zero-order chi connectivity index (χ0) is 27.9. The largest absolute Gasteiger partial charge is 0.408 e. The summed E-state index contributed by atoms with van der Waals surface area (Å²) in [6.07, 6.45) is -4.86. The summed E-state index contributed by atoms with van der Waals surface area (Å²) >= 11 is 0. The van der Waals surface area contributed by atoms with Crippen molar-refractivity contribution in [2.45, 2.75) is 31.2 Å². The van der Waals surface area contributed by atoms with E-state index in [2.05, 4.69) is 4.98 Å². The number of aliphatic hydroxyl groups excluding tert-OH is 2. The number of carbonyl (C=O) groups excluding carboxylic acids is 1. The highest BCUT2D eigenvalue weighted by atomic mass is 19.4. The van der Waals surface area contributed by atoms with E-state index in [1.165, 1.54) is 18.0 Å². The fraction of sp³-hybridized carbons (Fsp3) is 0.375. The summed E-state index contributed by atoms with van der Waals surface area (Å²) in [5.74, 6) is -6.31. The molecule has 3 aromatic rings. The molecule has 0 bridgehead atoms. The number of nitrogens with one attached hydrogen (secondary N) is 1. The Balaban J connectivity index is 1.91. The van der Waals surface area contributed by atoms with Gasteiger partial charge in [-0.05, 0) is 30.9 Å². The third-order valence-corrected chi connectivity index (χ3v) is 6.12. The number of hydrogen-bond acceptors (Lipinski definition) is 6. The topological polar surface area (TPSA) is 108 Å². The highest BCUT2D eigenvalue weighted by molar-refractivity contribution is 5.97. The Labute approximate surface area is 211 Å². The van der Waals surface area contributed by atoms with Crippen LogP contribution in [-0.2, 0) is 0 Å². The zero-order valence-corrected chi connectivity index (χ0v) is 19.8. The number of pyridine rings is 2. The fourth-order valence-corrected chi connectivity index (χ4v) is 4.09. The van der Waals surface area contributed by atoms with E-state index in [9.17, 15) is 41.0 Å². The molecule has 2 aromatic heterocycles. The first-order valence-electron chi connectivity index (χ1n) is 11.4. The van der Waals surface area contributed by atoms with E-state index >= 15 is 0 Å². The Morgan fingerprint density at radius 1 is 1.21 bits per heavy atom. The number of carbonyl (C=O) groups is 1. The van der Waals surface area contributed by atoms with Crippen LogP contribution in [0.4, 0.5) is 32.2 Å². The maximum Gasteiger partial charge on any atom is 0.408 e. The summed E-state index contributed by atoms with van der Waals surface area (Å²) in [6, 6.07) is 0.909. The molecule has 2 heterocycles. The molecule has 1 aliphatic carbocycles.